The van der Waals surface area contributed by atoms with E-state index < -0.39 is 0 Å². The van der Waals surface area contributed by atoms with Crippen molar-refractivity contribution in [1.29, 1.82) is 0 Å². The molecule has 1 N–H and O–H groups in total. The molecule has 1 atom stereocenters. The van der Waals surface area contributed by atoms with Crippen LogP contribution in [-0.4, -0.2) is 18.3 Å². The first-order valence-electron chi connectivity index (χ1n) is 6.27. The maximum absolute atomic E-state index is 9.47. The smallest absolute Gasteiger partial charge is 0.0717 e. The molecule has 0 bridgehead atoms. The van der Waals surface area contributed by atoms with Gasteiger partial charge < -0.3 is 9.84 Å². The van der Waals surface area contributed by atoms with Crippen LogP contribution in [0.3, 0.4) is 0 Å². The fraction of sp³-hybridized carbons (Fsp3) is 0.250. The number of aliphatic hydroxyl groups is 1. The first-order chi connectivity index (χ1) is 9.29. The minimum Gasteiger partial charge on any atom is -0.396 e. The topological polar surface area (TPSA) is 29.5 Å². The highest BCUT2D eigenvalue weighted by molar-refractivity contribution is 9.10. The van der Waals surface area contributed by atoms with Crippen LogP contribution < -0.4 is 0 Å². The van der Waals surface area contributed by atoms with Gasteiger partial charge in [-0.25, -0.2) is 0 Å². The highest BCUT2D eigenvalue weighted by Crippen LogP contribution is 2.20. The van der Waals surface area contributed by atoms with Crippen molar-refractivity contribution in [3.05, 3.63) is 70.2 Å². The van der Waals surface area contributed by atoms with Gasteiger partial charge in [0.1, 0.15) is 0 Å². The lowest BCUT2D eigenvalue weighted by atomic mass is 10.0. The first kappa shape index (κ1) is 14.3. The SMILES string of the molecule is OCC(COCc1ccccc1)c1cccc(Br)c1. The van der Waals surface area contributed by atoms with Crippen LogP contribution in [0.2, 0.25) is 0 Å². The Morgan fingerprint density at radius 1 is 1.05 bits per heavy atom. The van der Waals surface area contributed by atoms with Gasteiger partial charge in [-0.05, 0) is 23.3 Å². The molecule has 0 spiro atoms. The standard InChI is InChI=1S/C16H17BrO2/c17-16-8-4-7-14(9-16)15(10-18)12-19-11-13-5-2-1-3-6-13/h1-9,15,18H,10-12H2. The van der Waals surface area contributed by atoms with Gasteiger partial charge >= 0.3 is 0 Å². The summed E-state index contributed by atoms with van der Waals surface area (Å²) < 4.78 is 6.71. The Morgan fingerprint density at radius 2 is 1.84 bits per heavy atom. The molecule has 2 aromatic carbocycles. The van der Waals surface area contributed by atoms with Crippen molar-refractivity contribution in [2.24, 2.45) is 0 Å². The predicted molar refractivity (Wildman–Crippen MR) is 80.1 cm³/mol. The summed E-state index contributed by atoms with van der Waals surface area (Å²) in [6.07, 6.45) is 0. The van der Waals surface area contributed by atoms with Crippen molar-refractivity contribution in [2.75, 3.05) is 13.2 Å². The van der Waals surface area contributed by atoms with Gasteiger partial charge in [0.25, 0.3) is 0 Å². The Morgan fingerprint density at radius 3 is 2.53 bits per heavy atom. The van der Waals surface area contributed by atoms with E-state index in [1.54, 1.807) is 0 Å². The maximum Gasteiger partial charge on any atom is 0.0717 e. The third kappa shape index (κ3) is 4.46. The molecular formula is C16H17BrO2. The molecule has 2 rings (SSSR count). The highest BCUT2D eigenvalue weighted by Gasteiger charge is 2.11. The normalized spacial score (nSPS) is 12.3. The van der Waals surface area contributed by atoms with Crippen molar-refractivity contribution >= 4 is 15.9 Å². The Bertz CT molecular complexity index is 499. The molecule has 0 fully saturated rings. The molecule has 0 saturated heterocycles. The van der Waals surface area contributed by atoms with Crippen LogP contribution in [0.25, 0.3) is 0 Å². The molecule has 0 aliphatic heterocycles. The summed E-state index contributed by atoms with van der Waals surface area (Å²) in [5, 5.41) is 9.47. The summed E-state index contributed by atoms with van der Waals surface area (Å²) in [6, 6.07) is 18.0. The molecule has 2 nitrogen and oxygen atoms in total. The Kier molecular flexibility index (Phi) is 5.58. The fourth-order valence-corrected chi connectivity index (χ4v) is 2.33. The zero-order valence-corrected chi connectivity index (χ0v) is 12.2. The van der Waals surface area contributed by atoms with E-state index in [1.807, 2.05) is 54.6 Å². The Labute approximate surface area is 122 Å². The summed E-state index contributed by atoms with van der Waals surface area (Å²) in [4.78, 5) is 0. The lowest BCUT2D eigenvalue weighted by Gasteiger charge is -2.15. The van der Waals surface area contributed by atoms with Crippen LogP contribution in [0.1, 0.15) is 17.0 Å². The van der Waals surface area contributed by atoms with Crippen LogP contribution in [0.5, 0.6) is 0 Å². The zero-order valence-electron chi connectivity index (χ0n) is 10.6. The predicted octanol–water partition coefficient (Wildman–Crippen LogP) is 3.74. The molecule has 0 radical (unpaired) electrons. The van der Waals surface area contributed by atoms with Gasteiger partial charge in [0.2, 0.25) is 0 Å². The third-order valence-corrected chi connectivity index (χ3v) is 3.46. The van der Waals surface area contributed by atoms with E-state index in [9.17, 15) is 5.11 Å². The van der Waals surface area contributed by atoms with Crippen LogP contribution in [0.15, 0.2) is 59.1 Å². The van der Waals surface area contributed by atoms with Gasteiger partial charge in [0.05, 0.1) is 19.8 Å². The molecule has 0 heterocycles. The van der Waals surface area contributed by atoms with E-state index in [0.717, 1.165) is 15.6 Å². The number of halogens is 1. The lowest BCUT2D eigenvalue weighted by molar-refractivity contribution is 0.0882. The van der Waals surface area contributed by atoms with Gasteiger partial charge in [0.15, 0.2) is 0 Å². The van der Waals surface area contributed by atoms with Gasteiger partial charge in [-0.3, -0.25) is 0 Å². The minimum absolute atomic E-state index is 0.0150. The lowest BCUT2D eigenvalue weighted by Crippen LogP contribution is -2.12. The monoisotopic (exact) mass is 320 g/mol. The van der Waals surface area contributed by atoms with Crippen molar-refractivity contribution in [3.8, 4) is 0 Å². The minimum atomic E-state index is 0.0150. The number of ether oxygens (including phenoxy) is 1. The van der Waals surface area contributed by atoms with Crippen molar-refractivity contribution in [2.45, 2.75) is 12.5 Å². The van der Waals surface area contributed by atoms with E-state index in [-0.39, 0.29) is 12.5 Å². The summed E-state index contributed by atoms with van der Waals surface area (Å²) in [5.41, 5.74) is 2.23. The molecule has 0 amide bonds. The largest absolute Gasteiger partial charge is 0.396 e. The van der Waals surface area contributed by atoms with Gasteiger partial charge in [-0.15, -0.1) is 0 Å². The van der Waals surface area contributed by atoms with E-state index in [4.69, 9.17) is 4.74 Å². The zero-order chi connectivity index (χ0) is 13.5. The third-order valence-electron chi connectivity index (χ3n) is 2.97. The van der Waals surface area contributed by atoms with Crippen LogP contribution >= 0.6 is 15.9 Å². The number of benzene rings is 2. The maximum atomic E-state index is 9.47. The van der Waals surface area contributed by atoms with Crippen LogP contribution in [-0.2, 0) is 11.3 Å². The van der Waals surface area contributed by atoms with Gasteiger partial charge in [-0.1, -0.05) is 58.4 Å². The molecular weight excluding hydrogens is 304 g/mol. The second-order valence-corrected chi connectivity index (χ2v) is 5.35. The average Bonchev–Trinajstić information content (AvgIpc) is 2.45. The molecule has 100 valence electrons. The fourth-order valence-electron chi connectivity index (χ4n) is 1.91. The second kappa shape index (κ2) is 7.43. The molecule has 0 saturated carbocycles. The van der Waals surface area contributed by atoms with Gasteiger partial charge in [0, 0.05) is 10.4 Å². The summed E-state index contributed by atoms with van der Waals surface area (Å²) >= 11 is 3.44. The average molecular weight is 321 g/mol. The van der Waals surface area contributed by atoms with Crippen molar-refractivity contribution in [1.82, 2.24) is 0 Å². The molecule has 2 aromatic rings. The summed E-state index contributed by atoms with van der Waals surface area (Å²) in [5.74, 6) is 0.0150. The number of rotatable bonds is 6. The molecule has 19 heavy (non-hydrogen) atoms. The summed E-state index contributed by atoms with van der Waals surface area (Å²) in [6.45, 7) is 1.18. The summed E-state index contributed by atoms with van der Waals surface area (Å²) in [7, 11) is 0. The number of aliphatic hydroxyl groups excluding tert-OH is 1. The quantitative estimate of drug-likeness (QED) is 0.878. The molecule has 0 aliphatic carbocycles. The molecule has 0 aliphatic rings. The van der Waals surface area contributed by atoms with E-state index in [0.29, 0.717) is 13.2 Å². The van der Waals surface area contributed by atoms with Crippen LogP contribution in [0.4, 0.5) is 0 Å². The molecule has 0 aromatic heterocycles. The Balaban J connectivity index is 1.89. The molecule has 3 heteroatoms. The first-order valence-corrected chi connectivity index (χ1v) is 7.07. The van der Waals surface area contributed by atoms with Gasteiger partial charge in [-0.2, -0.15) is 0 Å². The number of hydrogen-bond acceptors (Lipinski definition) is 2. The van der Waals surface area contributed by atoms with Crippen LogP contribution in [0, 0.1) is 0 Å². The van der Waals surface area contributed by atoms with E-state index >= 15 is 0 Å². The van der Waals surface area contributed by atoms with Crippen molar-refractivity contribution in [3.63, 3.8) is 0 Å². The number of hydrogen-bond donors (Lipinski definition) is 1. The molecule has 1 unspecified atom stereocenters. The highest BCUT2D eigenvalue weighted by atomic mass is 79.9. The second-order valence-electron chi connectivity index (χ2n) is 4.44. The van der Waals surface area contributed by atoms with E-state index in [1.165, 1.54) is 0 Å². The Hall–Kier alpha value is -1.16. The van der Waals surface area contributed by atoms with E-state index in [2.05, 4.69) is 15.9 Å². The van der Waals surface area contributed by atoms with Crippen molar-refractivity contribution < 1.29 is 9.84 Å².